The van der Waals surface area contributed by atoms with Gasteiger partial charge in [0.15, 0.2) is 5.75 Å². The molecule has 2 fully saturated rings. The highest BCUT2D eigenvalue weighted by Crippen LogP contribution is 2.43. The first-order valence-electron chi connectivity index (χ1n) is 13.2. The van der Waals surface area contributed by atoms with Crippen LogP contribution in [0, 0.1) is 0 Å². The molecular weight excluding hydrogens is 607 g/mol. The number of hydrogen-bond donors (Lipinski definition) is 1. The Bertz CT molecular complexity index is 1680. The second-order valence-electron chi connectivity index (χ2n) is 10.1. The molecule has 3 aromatic heterocycles. The smallest absolute Gasteiger partial charge is 0.319 e. The minimum atomic E-state index is -0.301. The number of likely N-dealkylation sites (tertiary alicyclic amines) is 1. The molecule has 2 saturated heterocycles. The zero-order chi connectivity index (χ0) is 29.5. The highest BCUT2D eigenvalue weighted by Gasteiger charge is 2.34. The van der Waals surface area contributed by atoms with Gasteiger partial charge in [-0.1, -0.05) is 41.4 Å². The minimum Gasteiger partial charge on any atom is -0.456 e. The van der Waals surface area contributed by atoms with Gasteiger partial charge in [0.25, 0.3) is 0 Å². The summed E-state index contributed by atoms with van der Waals surface area (Å²) in [6, 6.07) is 3.47. The van der Waals surface area contributed by atoms with Crippen LogP contribution in [-0.2, 0) is 9.53 Å². The van der Waals surface area contributed by atoms with Gasteiger partial charge in [0.05, 0.1) is 27.5 Å². The first kappa shape index (κ1) is 28.7. The van der Waals surface area contributed by atoms with E-state index in [4.69, 9.17) is 59.0 Å². The first-order valence-corrected chi connectivity index (χ1v) is 14.3. The van der Waals surface area contributed by atoms with Crippen molar-refractivity contribution in [3.63, 3.8) is 0 Å². The normalized spacial score (nSPS) is 19.5. The number of aromatic nitrogens is 5. The van der Waals surface area contributed by atoms with E-state index in [-0.39, 0.29) is 51.0 Å². The van der Waals surface area contributed by atoms with Crippen LogP contribution in [0.15, 0.2) is 31.0 Å². The summed E-state index contributed by atoms with van der Waals surface area (Å²) in [7, 11) is 3.65. The molecule has 42 heavy (non-hydrogen) atoms. The molecule has 15 heteroatoms. The third-order valence-corrected chi connectivity index (χ3v) is 8.36. The Morgan fingerprint density at radius 2 is 1.83 bits per heavy atom. The van der Waals surface area contributed by atoms with E-state index in [0.717, 1.165) is 0 Å². The lowest BCUT2D eigenvalue weighted by molar-refractivity contribution is -0.126. The van der Waals surface area contributed by atoms with Crippen LogP contribution in [-0.4, -0.2) is 106 Å². The molecule has 2 aliphatic heterocycles. The first-order chi connectivity index (χ1) is 20.2. The highest BCUT2D eigenvalue weighted by molar-refractivity contribution is 6.44. The number of nitrogens with one attached hydrogen (secondary N) is 1. The molecule has 0 bridgehead atoms. The predicted octanol–water partition coefficient (Wildman–Crippen LogP) is 4.20. The van der Waals surface area contributed by atoms with Gasteiger partial charge in [0.2, 0.25) is 11.8 Å². The number of anilines is 1. The molecule has 0 radical (unpaired) electrons. The third kappa shape index (κ3) is 5.40. The number of aromatic amines is 1. The molecule has 2 atom stereocenters. The number of carbonyl (C=O) groups is 1. The average Bonchev–Trinajstić information content (AvgIpc) is 3.60. The van der Waals surface area contributed by atoms with Gasteiger partial charge in [-0.05, 0) is 25.3 Å². The van der Waals surface area contributed by atoms with E-state index in [2.05, 4.69) is 31.6 Å². The number of benzene rings is 1. The lowest BCUT2D eigenvalue weighted by Gasteiger charge is -2.35. The van der Waals surface area contributed by atoms with Gasteiger partial charge in [-0.15, -0.1) is 0 Å². The number of ether oxygens (including phenoxy) is 3. The Morgan fingerprint density at radius 1 is 1.07 bits per heavy atom. The Morgan fingerprint density at radius 3 is 2.57 bits per heavy atom. The summed E-state index contributed by atoms with van der Waals surface area (Å²) in [6.07, 6.45) is 2.44. The number of halogens is 3. The molecule has 0 saturated carbocycles. The van der Waals surface area contributed by atoms with E-state index < -0.39 is 0 Å². The summed E-state index contributed by atoms with van der Waals surface area (Å²) in [5.74, 6) is 0.792. The van der Waals surface area contributed by atoms with E-state index in [1.807, 2.05) is 7.05 Å². The number of carbonyl (C=O) groups excluding carboxylic acids is 1. The molecule has 5 heterocycles. The highest BCUT2D eigenvalue weighted by atomic mass is 35.5. The number of amides is 1. The number of rotatable bonds is 7. The summed E-state index contributed by atoms with van der Waals surface area (Å²) in [4.78, 5) is 32.1. The minimum absolute atomic E-state index is 0.0879. The summed E-state index contributed by atoms with van der Waals surface area (Å²) < 4.78 is 18.3. The molecule has 220 valence electrons. The molecule has 4 aromatic rings. The zero-order valence-corrected chi connectivity index (χ0v) is 25.1. The summed E-state index contributed by atoms with van der Waals surface area (Å²) in [5.41, 5.74) is 0.991. The third-order valence-electron chi connectivity index (χ3n) is 7.39. The lowest BCUT2D eigenvalue weighted by Crippen LogP contribution is -2.48. The number of pyridine rings is 1. The van der Waals surface area contributed by atoms with Crippen LogP contribution in [0.1, 0.15) is 0 Å². The molecule has 12 nitrogen and oxygen atoms in total. The van der Waals surface area contributed by atoms with Crippen molar-refractivity contribution >= 4 is 68.3 Å². The maximum absolute atomic E-state index is 12.2. The fourth-order valence-electron chi connectivity index (χ4n) is 5.27. The Kier molecular flexibility index (Phi) is 7.99. The summed E-state index contributed by atoms with van der Waals surface area (Å²) in [6.45, 7) is 6.96. The van der Waals surface area contributed by atoms with Gasteiger partial charge >= 0.3 is 6.01 Å². The Labute approximate surface area is 256 Å². The summed E-state index contributed by atoms with van der Waals surface area (Å²) in [5, 5.41) is 8.78. The van der Waals surface area contributed by atoms with Crippen LogP contribution in [0.4, 0.5) is 5.82 Å². The summed E-state index contributed by atoms with van der Waals surface area (Å²) >= 11 is 19.5. The van der Waals surface area contributed by atoms with E-state index >= 15 is 0 Å². The largest absolute Gasteiger partial charge is 0.456 e. The fraction of sp³-hybridized carbons (Fsp3) is 0.370. The molecule has 1 N–H and O–H groups in total. The number of methoxy groups -OCH3 is 1. The fourth-order valence-corrected chi connectivity index (χ4v) is 5.84. The van der Waals surface area contributed by atoms with Gasteiger partial charge in [0, 0.05) is 46.4 Å². The van der Waals surface area contributed by atoms with Gasteiger partial charge in [0.1, 0.15) is 33.7 Å². The average molecular weight is 634 g/mol. The Hall–Kier alpha value is -3.42. The van der Waals surface area contributed by atoms with E-state index in [1.165, 1.54) is 6.08 Å². The van der Waals surface area contributed by atoms with Gasteiger partial charge in [-0.3, -0.25) is 14.8 Å². The number of H-pyrrole nitrogens is 1. The lowest BCUT2D eigenvalue weighted by atomic mass is 10.2. The van der Waals surface area contributed by atoms with E-state index in [9.17, 15) is 4.79 Å². The molecule has 0 unspecified atom stereocenters. The maximum atomic E-state index is 12.2. The van der Waals surface area contributed by atoms with Crippen LogP contribution in [0.2, 0.25) is 15.2 Å². The molecule has 2 aliphatic rings. The predicted molar refractivity (Wildman–Crippen MR) is 160 cm³/mol. The van der Waals surface area contributed by atoms with Crippen LogP contribution in [0.5, 0.6) is 17.6 Å². The van der Waals surface area contributed by atoms with Crippen molar-refractivity contribution in [3.05, 3.63) is 46.2 Å². The van der Waals surface area contributed by atoms with E-state index in [1.54, 1.807) is 30.3 Å². The SMILES string of the molecule is C=CC(=O)N1CCN(c2nc(O[C@@H]3CN(C)C[C@H]3OC)nc3c(Oc4c(Cl)c(Cl)cc5[nH]ncc45)nc(Cl)cc23)CC1. The second-order valence-corrected chi connectivity index (χ2v) is 11.3. The van der Waals surface area contributed by atoms with Gasteiger partial charge in [-0.25, -0.2) is 0 Å². The van der Waals surface area contributed by atoms with Crippen molar-refractivity contribution in [2.24, 2.45) is 0 Å². The van der Waals surface area contributed by atoms with Crippen molar-refractivity contribution in [3.8, 4) is 17.6 Å². The molecule has 0 aliphatic carbocycles. The number of hydrogen-bond acceptors (Lipinski definition) is 10. The molecule has 1 amide bonds. The number of nitrogens with zero attached hydrogens (tertiary/aromatic N) is 7. The van der Waals surface area contributed by atoms with Crippen molar-refractivity contribution in [2.45, 2.75) is 12.2 Å². The maximum Gasteiger partial charge on any atom is 0.319 e. The molecule has 6 rings (SSSR count). The van der Waals surface area contributed by atoms with Crippen molar-refractivity contribution < 1.29 is 19.0 Å². The van der Waals surface area contributed by atoms with Crippen molar-refractivity contribution in [1.82, 2.24) is 34.9 Å². The number of piperazine rings is 1. The van der Waals surface area contributed by atoms with Gasteiger partial charge in [-0.2, -0.15) is 20.1 Å². The van der Waals surface area contributed by atoms with Crippen LogP contribution in [0.25, 0.3) is 21.8 Å². The van der Waals surface area contributed by atoms with Crippen molar-refractivity contribution in [2.75, 3.05) is 58.3 Å². The quantitative estimate of drug-likeness (QED) is 0.234. The molecule has 0 spiro atoms. The van der Waals surface area contributed by atoms with Crippen LogP contribution in [0.3, 0.4) is 0 Å². The monoisotopic (exact) mass is 632 g/mol. The number of likely N-dealkylation sites (N-methyl/N-ethyl adjacent to an activating group) is 1. The second kappa shape index (κ2) is 11.7. The standard InChI is InChI=1S/C27H27Cl3N8O4/c1-4-21(39)37-5-7-38(8-6-37)25-14-9-20(29)32-26(42-24-15-11-31-35-17(15)10-16(28)22(24)30)23(14)33-27(34-25)41-19-13-36(2)12-18(19)40-3/h4,9-11,18-19H,1,5-8,12-13H2,2-3H3,(H,31,35)/t18-,19-/m1/s1. The molecular formula is C27H27Cl3N8O4. The zero-order valence-electron chi connectivity index (χ0n) is 22.8. The van der Waals surface area contributed by atoms with Crippen LogP contribution >= 0.6 is 34.8 Å². The molecule has 1 aromatic carbocycles. The van der Waals surface area contributed by atoms with Crippen LogP contribution < -0.4 is 14.4 Å². The topological polar surface area (TPSA) is 122 Å². The van der Waals surface area contributed by atoms with E-state index in [0.29, 0.717) is 66.9 Å². The Balaban J connectivity index is 1.46. The van der Waals surface area contributed by atoms with Crippen molar-refractivity contribution in [1.29, 1.82) is 0 Å². The van der Waals surface area contributed by atoms with Gasteiger partial charge < -0.3 is 24.0 Å². The number of fused-ring (bicyclic) bond motifs is 2.